The van der Waals surface area contributed by atoms with Gasteiger partial charge in [0.2, 0.25) is 48.3 Å². The largest absolute Gasteiger partial charge is 0.381 e. The highest BCUT2D eigenvalue weighted by atomic mass is 32.2. The fourth-order valence-corrected chi connectivity index (χ4v) is 18.9. The van der Waals surface area contributed by atoms with Gasteiger partial charge in [0.25, 0.3) is 0 Å². The number of Topliss-reactive ketones (excluding diaryl/α,β-unsaturated/α-hetero) is 4. The van der Waals surface area contributed by atoms with Crippen LogP contribution in [0.1, 0.15) is 209 Å². The van der Waals surface area contributed by atoms with E-state index in [1.807, 2.05) is 0 Å². The zero-order valence-electron chi connectivity index (χ0n) is 61.9. The summed E-state index contributed by atoms with van der Waals surface area (Å²) in [4.78, 5) is 152. The molecule has 5 fully saturated rings. The summed E-state index contributed by atoms with van der Waals surface area (Å²) in [5.41, 5.74) is 2.27. The normalized spacial score (nSPS) is 25.0. The molecule has 101 heavy (non-hydrogen) atoms. The van der Waals surface area contributed by atoms with Crippen LogP contribution in [0, 0.1) is 46.3 Å². The summed E-state index contributed by atoms with van der Waals surface area (Å²) in [5.74, 6) is 3.83. The predicted octanol–water partition coefficient (Wildman–Crippen LogP) is 7.02. The lowest BCUT2D eigenvalue weighted by Gasteiger charge is -2.58. The molecule has 0 radical (unpaired) electrons. The van der Waals surface area contributed by atoms with E-state index in [0.717, 1.165) is 54.8 Å². The van der Waals surface area contributed by atoms with Gasteiger partial charge in [0.15, 0.2) is 0 Å². The van der Waals surface area contributed by atoms with E-state index in [1.54, 1.807) is 5.57 Å². The summed E-state index contributed by atoms with van der Waals surface area (Å²) >= 11 is 2.53. The number of ether oxygens (including phenoxy) is 3. The van der Waals surface area contributed by atoms with Crippen LogP contribution in [0.2, 0.25) is 0 Å². The van der Waals surface area contributed by atoms with Gasteiger partial charge in [0.1, 0.15) is 23.1 Å². The quantitative estimate of drug-likeness (QED) is 0.0117. The zero-order chi connectivity index (χ0) is 73.3. The molecule has 570 valence electrons. The molecule has 4 aliphatic carbocycles. The maximum Gasteiger partial charge on any atom is 0.242 e. The summed E-state index contributed by atoms with van der Waals surface area (Å²) in [7, 11) is 0. The first-order chi connectivity index (χ1) is 48.4. The Hall–Kier alpha value is -4.96. The van der Waals surface area contributed by atoms with Gasteiger partial charge in [0.05, 0.1) is 48.8 Å². The highest BCUT2D eigenvalue weighted by Crippen LogP contribution is 2.67. The van der Waals surface area contributed by atoms with E-state index in [2.05, 4.69) is 77.5 Å². The first-order valence-electron chi connectivity index (χ1n) is 38.0. The summed E-state index contributed by atoms with van der Waals surface area (Å²) in [6.45, 7) is 20.4. The van der Waals surface area contributed by atoms with Gasteiger partial charge in [-0.15, -0.1) is 23.5 Å². The highest BCUT2D eigenvalue weighted by Gasteiger charge is 2.59. The third-order valence-electron chi connectivity index (χ3n) is 22.2. The van der Waals surface area contributed by atoms with Crippen LogP contribution in [0.25, 0.3) is 0 Å². The second kappa shape index (κ2) is 44.8. The molecule has 3 saturated carbocycles. The SMILES string of the molecule is CC(=O)CCNC(CSC1CC(=O)N(CCCC(=O)CCCOCCC(=O)NCCN(CCNC(=O)CCOCCCC(=O)CCCN2C(=O)CC(SCC(NC=O)NCCC(C)=O)C2=O)CCO[C@@H]2CCC3(C)C(=CCC4C3CCC3(C)C(C(C)CCCC(C)C)CCC43)C2)C1=O)NC=O. The molecule has 11 unspecified atom stereocenters. The number of nitrogens with zero attached hydrogens (tertiary/aromatic N) is 3. The number of imide groups is 2. The van der Waals surface area contributed by atoms with Crippen LogP contribution < -0.4 is 31.9 Å². The lowest BCUT2D eigenvalue weighted by molar-refractivity contribution is -0.140. The van der Waals surface area contributed by atoms with Gasteiger partial charge in [-0.05, 0) is 137 Å². The number of amides is 8. The minimum absolute atomic E-state index is 0.00753. The maximum absolute atomic E-state index is 13.1. The number of thioether (sulfide) groups is 2. The number of hydrogen-bond acceptors (Lipinski definition) is 20. The Kier molecular flexibility index (Phi) is 37.7. The van der Waals surface area contributed by atoms with Gasteiger partial charge >= 0.3 is 0 Å². The van der Waals surface area contributed by atoms with E-state index in [-0.39, 0.29) is 148 Å². The van der Waals surface area contributed by atoms with Crippen molar-refractivity contribution in [2.45, 2.75) is 238 Å². The molecule has 6 rings (SSSR count). The van der Waals surface area contributed by atoms with Gasteiger partial charge in [0, 0.05) is 148 Å². The first kappa shape index (κ1) is 85.0. The predicted molar refractivity (Wildman–Crippen MR) is 391 cm³/mol. The van der Waals surface area contributed by atoms with Crippen LogP contribution in [0.4, 0.5) is 0 Å². The Labute approximate surface area is 609 Å². The van der Waals surface area contributed by atoms with Crippen molar-refractivity contribution in [3.8, 4) is 0 Å². The highest BCUT2D eigenvalue weighted by molar-refractivity contribution is 8.01. The first-order valence-corrected chi connectivity index (χ1v) is 40.1. The minimum atomic E-state index is -0.588. The molecular weight excluding hydrogens is 1330 g/mol. The molecule has 6 N–H and O–H groups in total. The van der Waals surface area contributed by atoms with Gasteiger partial charge < -0.3 is 35.5 Å². The van der Waals surface area contributed by atoms with E-state index in [4.69, 9.17) is 14.2 Å². The van der Waals surface area contributed by atoms with E-state index in [1.165, 1.54) is 98.5 Å². The number of allylic oxidation sites excluding steroid dienone is 1. The van der Waals surface area contributed by atoms with Crippen molar-refractivity contribution < 1.29 is 71.7 Å². The van der Waals surface area contributed by atoms with Gasteiger partial charge in [-0.25, -0.2) is 0 Å². The molecular formula is C75H123N9O15S2. The Bertz CT molecular complexity index is 2640. The lowest BCUT2D eigenvalue weighted by Crippen LogP contribution is -2.51. The summed E-state index contributed by atoms with van der Waals surface area (Å²) in [6.07, 6.45) is 20.3. The monoisotopic (exact) mass is 1450 g/mol. The standard InChI is InChI=1S/C75H123N9O15S2/c1-52(2)13-8-14-53(3)61-21-22-62-60-20-19-56-45-59(23-29-74(56,6)63(60)24-30-75(61,62)7)99-44-39-82(37-33-78-68(91)27-42-97-40-11-17-57(89)15-9-35-83-70(93)46-64(72(83)95)100-48-66(80-50-85)76-31-25-54(4)87)38-34-79-69(92)28-43-98-41-12-18-58(90)16-10-36-84-71(94)47-65(73(84)96)101-49-67(81-51-86)77-32-26-55(5)88/h19,50-53,59-67,76-77H,8-18,20-49H2,1-7H3,(H,78,91)(H,79,92)(H,80,85)(H,81,86)/t53?,59-,60?,61?,62?,63?,64?,65?,66?,67?,74?,75?/m1/s1. The molecule has 6 aliphatic rings. The van der Waals surface area contributed by atoms with Crippen molar-refractivity contribution in [1.29, 1.82) is 0 Å². The van der Waals surface area contributed by atoms with Crippen molar-refractivity contribution in [1.82, 2.24) is 46.6 Å². The lowest BCUT2D eigenvalue weighted by atomic mass is 9.47. The van der Waals surface area contributed by atoms with Crippen LogP contribution in [0.5, 0.6) is 0 Å². The Morgan fingerprint density at radius 1 is 0.594 bits per heavy atom. The molecule has 26 heteroatoms. The third-order valence-corrected chi connectivity index (χ3v) is 24.8. The average molecular weight is 1450 g/mol. The Morgan fingerprint density at radius 3 is 1.62 bits per heavy atom. The topological polar surface area (TPSA) is 314 Å². The van der Waals surface area contributed by atoms with Crippen LogP contribution in [-0.4, -0.2) is 218 Å². The van der Waals surface area contributed by atoms with Gasteiger partial charge in [-0.2, -0.15) is 0 Å². The number of hydrogen-bond donors (Lipinski definition) is 6. The molecule has 0 aromatic carbocycles. The van der Waals surface area contributed by atoms with Gasteiger partial charge in [-0.3, -0.25) is 82.9 Å². The van der Waals surface area contributed by atoms with Crippen molar-refractivity contribution in [2.24, 2.45) is 46.3 Å². The maximum atomic E-state index is 13.1. The van der Waals surface area contributed by atoms with Crippen molar-refractivity contribution in [3.63, 3.8) is 0 Å². The Balaban J connectivity index is 0.874. The minimum Gasteiger partial charge on any atom is -0.381 e. The van der Waals surface area contributed by atoms with Crippen LogP contribution >= 0.6 is 23.5 Å². The Morgan fingerprint density at radius 2 is 1.12 bits per heavy atom. The van der Waals surface area contributed by atoms with Crippen molar-refractivity contribution >= 4 is 94.9 Å². The molecule has 0 bridgehead atoms. The zero-order valence-corrected chi connectivity index (χ0v) is 63.5. The molecule has 2 aliphatic heterocycles. The second-order valence-electron chi connectivity index (χ2n) is 30.1. The number of carbonyl (C=O) groups is 12. The van der Waals surface area contributed by atoms with Crippen LogP contribution in [0.3, 0.4) is 0 Å². The van der Waals surface area contributed by atoms with E-state index < -0.39 is 22.8 Å². The molecule has 24 nitrogen and oxygen atoms in total. The van der Waals surface area contributed by atoms with E-state index in [9.17, 15) is 57.5 Å². The van der Waals surface area contributed by atoms with Crippen molar-refractivity contribution in [2.75, 3.05) is 103 Å². The number of fused-ring (bicyclic) bond motifs is 5. The fourth-order valence-electron chi connectivity index (χ4n) is 16.6. The van der Waals surface area contributed by atoms with E-state index >= 15 is 0 Å². The molecule has 0 spiro atoms. The molecule has 2 saturated heterocycles. The number of rotatable bonds is 55. The second-order valence-corrected chi connectivity index (χ2v) is 32.6. The molecule has 2 heterocycles. The molecule has 8 amide bonds. The summed E-state index contributed by atoms with van der Waals surface area (Å²) in [5, 5.41) is 16.3. The smallest absolute Gasteiger partial charge is 0.242 e. The number of likely N-dealkylation sites (tertiary alicyclic amines) is 2. The number of carbonyl (C=O) groups excluding carboxylic acids is 12. The average Bonchev–Trinajstić information content (AvgIpc) is 1.70. The number of nitrogens with one attached hydrogen (secondary N) is 6. The van der Waals surface area contributed by atoms with Gasteiger partial charge in [-0.1, -0.05) is 65.5 Å². The fraction of sp³-hybridized carbons (Fsp3) is 0.813. The molecule has 0 aromatic heterocycles. The summed E-state index contributed by atoms with van der Waals surface area (Å²) < 4.78 is 18.2. The van der Waals surface area contributed by atoms with Crippen molar-refractivity contribution in [3.05, 3.63) is 11.6 Å². The van der Waals surface area contributed by atoms with Crippen LogP contribution in [-0.2, 0) is 71.7 Å². The third kappa shape index (κ3) is 28.1. The molecule has 12 atom stereocenters. The van der Waals surface area contributed by atoms with Crippen LogP contribution in [0.15, 0.2) is 11.6 Å². The van der Waals surface area contributed by atoms with E-state index in [0.29, 0.717) is 134 Å². The number of ketones is 4. The molecule has 0 aromatic rings. The summed E-state index contributed by atoms with van der Waals surface area (Å²) in [6, 6.07) is 0.